The van der Waals surface area contributed by atoms with Crippen molar-refractivity contribution in [2.45, 2.75) is 192 Å². The van der Waals surface area contributed by atoms with Crippen molar-refractivity contribution in [3.8, 4) is 0 Å². The van der Waals surface area contributed by atoms with Gasteiger partial charge in [-0.15, -0.1) is 0 Å². The highest BCUT2D eigenvalue weighted by Gasteiger charge is 2.39. The Labute approximate surface area is 334 Å². The average molecular weight is 802 g/mol. The first kappa shape index (κ1) is 51.5. The predicted molar refractivity (Wildman–Crippen MR) is 221 cm³/mol. The van der Waals surface area contributed by atoms with Gasteiger partial charge in [-0.25, -0.2) is 4.57 Å². The smallest absolute Gasteiger partial charge is 0.472 e. The molecule has 0 aromatic heterocycles. The molecule has 7 atom stereocenters. The van der Waals surface area contributed by atoms with E-state index in [2.05, 4.69) is 13.8 Å². The van der Waals surface area contributed by atoms with Gasteiger partial charge < -0.3 is 35.4 Å². The SMILES string of the molecule is CCCCCCCCCCCCCCCC/C=C/OC[C@H](COP(=O)(O)OCCN)OC(=O)CCC/C=C/C[C@@H]1[C@@H](/C=C/[C@@H](O)CCCCC)[C@H](O)C[C@@H]1O. The lowest BCUT2D eigenvalue weighted by molar-refractivity contribution is -0.153. The summed E-state index contributed by atoms with van der Waals surface area (Å²) in [6.07, 6.45) is 33.5. The number of allylic oxidation sites excluding steroid dienone is 3. The minimum absolute atomic E-state index is 0.0429. The maximum absolute atomic E-state index is 12.7. The lowest BCUT2D eigenvalue weighted by atomic mass is 9.89. The quantitative estimate of drug-likeness (QED) is 0.0133. The third-order valence-corrected chi connectivity index (χ3v) is 11.2. The Balaban J connectivity index is 2.38. The van der Waals surface area contributed by atoms with Gasteiger partial charge in [0.2, 0.25) is 0 Å². The molecule has 12 heteroatoms. The van der Waals surface area contributed by atoms with Gasteiger partial charge in [0.25, 0.3) is 0 Å². The molecule has 1 aliphatic carbocycles. The Kier molecular flexibility index (Phi) is 32.3. The molecular weight excluding hydrogens is 721 g/mol. The molecule has 6 N–H and O–H groups in total. The summed E-state index contributed by atoms with van der Waals surface area (Å²) < 4.78 is 33.1. The van der Waals surface area contributed by atoms with Crippen molar-refractivity contribution in [1.29, 1.82) is 0 Å². The number of rotatable bonds is 37. The fourth-order valence-corrected chi connectivity index (χ4v) is 7.66. The molecule has 1 saturated carbocycles. The van der Waals surface area contributed by atoms with Gasteiger partial charge in [-0.05, 0) is 50.5 Å². The van der Waals surface area contributed by atoms with Crippen LogP contribution in [-0.4, -0.2) is 77.0 Å². The molecule has 322 valence electrons. The molecular formula is C43H80NO10P. The topological polar surface area (TPSA) is 178 Å². The highest BCUT2D eigenvalue weighted by Crippen LogP contribution is 2.43. The van der Waals surface area contributed by atoms with Gasteiger partial charge in [0, 0.05) is 25.3 Å². The van der Waals surface area contributed by atoms with Crippen LogP contribution in [0.2, 0.25) is 0 Å². The number of phosphoric acid groups is 1. The van der Waals surface area contributed by atoms with Gasteiger partial charge in [0.1, 0.15) is 6.61 Å². The molecule has 0 heterocycles. The Morgan fingerprint density at radius 3 is 2.02 bits per heavy atom. The number of hydrogen-bond donors (Lipinski definition) is 5. The molecule has 0 spiro atoms. The molecule has 0 aromatic rings. The predicted octanol–water partition coefficient (Wildman–Crippen LogP) is 9.36. The molecule has 55 heavy (non-hydrogen) atoms. The van der Waals surface area contributed by atoms with Crippen molar-refractivity contribution < 1.29 is 48.1 Å². The fraction of sp³-hybridized carbons (Fsp3) is 0.837. The van der Waals surface area contributed by atoms with Crippen LogP contribution in [0, 0.1) is 11.8 Å². The van der Waals surface area contributed by atoms with Crippen molar-refractivity contribution in [3.05, 3.63) is 36.6 Å². The summed E-state index contributed by atoms with van der Waals surface area (Å²) in [6.45, 7) is 3.86. The van der Waals surface area contributed by atoms with Crippen molar-refractivity contribution in [1.82, 2.24) is 0 Å². The van der Waals surface area contributed by atoms with Gasteiger partial charge in [0.15, 0.2) is 6.10 Å². The Hall–Kier alpha value is -1.56. The molecule has 1 rings (SSSR count). The number of nitrogens with two attached hydrogens (primary N) is 1. The zero-order valence-corrected chi connectivity index (χ0v) is 35.4. The number of ether oxygens (including phenoxy) is 2. The van der Waals surface area contributed by atoms with Gasteiger partial charge in [-0.1, -0.05) is 141 Å². The van der Waals surface area contributed by atoms with Crippen LogP contribution in [-0.2, 0) is 27.9 Å². The maximum atomic E-state index is 12.7. The second-order valence-electron chi connectivity index (χ2n) is 15.2. The highest BCUT2D eigenvalue weighted by atomic mass is 31.2. The first-order valence-corrected chi connectivity index (χ1v) is 23.3. The summed E-state index contributed by atoms with van der Waals surface area (Å²) in [5, 5.41) is 31.3. The summed E-state index contributed by atoms with van der Waals surface area (Å²) in [4.78, 5) is 22.6. The average Bonchev–Trinajstić information content (AvgIpc) is 3.43. The first-order valence-electron chi connectivity index (χ1n) is 21.8. The zero-order chi connectivity index (χ0) is 40.4. The second-order valence-corrected chi connectivity index (χ2v) is 16.7. The molecule has 11 nitrogen and oxygen atoms in total. The van der Waals surface area contributed by atoms with Gasteiger partial charge in [0.05, 0.1) is 37.8 Å². The number of aliphatic hydroxyl groups is 3. The van der Waals surface area contributed by atoms with Crippen LogP contribution in [0.5, 0.6) is 0 Å². The van der Waals surface area contributed by atoms with E-state index in [4.69, 9.17) is 24.3 Å². The molecule has 0 radical (unpaired) electrons. The Morgan fingerprint density at radius 2 is 1.38 bits per heavy atom. The van der Waals surface area contributed by atoms with Crippen molar-refractivity contribution in [2.75, 3.05) is 26.4 Å². The van der Waals surface area contributed by atoms with Gasteiger partial charge in [-0.2, -0.15) is 0 Å². The minimum atomic E-state index is -4.36. The summed E-state index contributed by atoms with van der Waals surface area (Å²) in [6, 6.07) is 0. The minimum Gasteiger partial charge on any atom is -0.498 e. The third-order valence-electron chi connectivity index (χ3n) is 10.2. The zero-order valence-electron chi connectivity index (χ0n) is 34.5. The van der Waals surface area contributed by atoms with E-state index in [1.165, 1.54) is 83.5 Å². The Morgan fingerprint density at radius 1 is 0.782 bits per heavy atom. The van der Waals surface area contributed by atoms with E-state index in [1.807, 2.05) is 24.3 Å². The lowest BCUT2D eigenvalue weighted by Crippen LogP contribution is -2.27. The Bertz CT molecular complexity index is 1060. The van der Waals surface area contributed by atoms with Gasteiger partial charge in [-0.3, -0.25) is 13.8 Å². The maximum Gasteiger partial charge on any atom is 0.472 e. The van der Waals surface area contributed by atoms with E-state index in [0.717, 1.165) is 32.1 Å². The van der Waals surface area contributed by atoms with Crippen LogP contribution in [0.4, 0.5) is 0 Å². The molecule has 1 fully saturated rings. The van der Waals surface area contributed by atoms with Crippen molar-refractivity contribution in [2.24, 2.45) is 17.6 Å². The summed E-state index contributed by atoms with van der Waals surface area (Å²) in [5.41, 5.74) is 5.36. The van der Waals surface area contributed by atoms with Crippen LogP contribution >= 0.6 is 7.82 Å². The normalized spacial score (nSPS) is 21.1. The molecule has 1 aliphatic rings. The lowest BCUT2D eigenvalue weighted by Gasteiger charge is -2.20. The summed E-state index contributed by atoms with van der Waals surface area (Å²) >= 11 is 0. The van der Waals surface area contributed by atoms with E-state index < -0.39 is 38.2 Å². The van der Waals surface area contributed by atoms with E-state index in [1.54, 1.807) is 12.3 Å². The van der Waals surface area contributed by atoms with Gasteiger partial charge >= 0.3 is 13.8 Å². The van der Waals surface area contributed by atoms with E-state index in [-0.39, 0.29) is 44.6 Å². The molecule has 0 aliphatic heterocycles. The number of unbranched alkanes of at least 4 members (excludes halogenated alkanes) is 17. The van der Waals surface area contributed by atoms with Crippen LogP contribution in [0.25, 0.3) is 0 Å². The monoisotopic (exact) mass is 802 g/mol. The number of aliphatic hydroxyl groups excluding tert-OH is 3. The standard InChI is InChI=1S/C43H80NO10P/c1-3-5-7-8-9-10-11-12-13-14-15-16-17-18-21-25-32-51-35-38(36-53-55(49,50)52-33-31-44)54-43(48)28-24-20-19-23-27-39-40(42(47)34-41(39)46)30-29-37(45)26-22-6-4-2/h19,23,25,29-30,32,37-42,45-47H,3-18,20-22,24,26-28,31,33-36,44H2,1-2H3,(H,49,50)/b23-19+,30-29+,32-25+/t37-,38+,39+,40+,41-,42+/m0/s1. The third kappa shape index (κ3) is 28.5. The van der Waals surface area contributed by atoms with E-state index >= 15 is 0 Å². The largest absolute Gasteiger partial charge is 0.498 e. The fourth-order valence-electron chi connectivity index (χ4n) is 6.90. The number of esters is 1. The number of hydrogen-bond acceptors (Lipinski definition) is 10. The molecule has 0 aromatic carbocycles. The number of phosphoric ester groups is 1. The van der Waals surface area contributed by atoms with Crippen LogP contribution in [0.1, 0.15) is 168 Å². The van der Waals surface area contributed by atoms with Crippen molar-refractivity contribution in [3.63, 3.8) is 0 Å². The summed E-state index contributed by atoms with van der Waals surface area (Å²) in [5.74, 6) is -0.865. The van der Waals surface area contributed by atoms with Crippen molar-refractivity contribution >= 4 is 13.8 Å². The molecule has 1 unspecified atom stereocenters. The van der Waals surface area contributed by atoms with Crippen LogP contribution < -0.4 is 5.73 Å². The van der Waals surface area contributed by atoms with Crippen LogP contribution in [0.3, 0.4) is 0 Å². The van der Waals surface area contributed by atoms with Crippen LogP contribution in [0.15, 0.2) is 36.6 Å². The highest BCUT2D eigenvalue weighted by molar-refractivity contribution is 7.47. The first-order chi connectivity index (χ1) is 26.6. The number of carbonyl (C=O) groups is 1. The second kappa shape index (κ2) is 34.5. The van der Waals surface area contributed by atoms with E-state index in [9.17, 15) is 29.6 Å². The number of carbonyl (C=O) groups excluding carboxylic acids is 1. The molecule has 0 bridgehead atoms. The summed E-state index contributed by atoms with van der Waals surface area (Å²) in [7, 11) is -4.36. The van der Waals surface area contributed by atoms with E-state index in [0.29, 0.717) is 32.1 Å². The molecule has 0 amide bonds. The molecule has 0 saturated heterocycles.